The number of pyridine rings is 1. The molecule has 1 aliphatic rings. The van der Waals surface area contributed by atoms with Gasteiger partial charge in [0.25, 0.3) is 5.91 Å². The molecule has 3 aromatic rings. The number of hydrogen-bond donors (Lipinski definition) is 2. The van der Waals surface area contributed by atoms with Gasteiger partial charge in [0, 0.05) is 22.7 Å². The van der Waals surface area contributed by atoms with Crippen molar-refractivity contribution in [2.45, 2.75) is 44.7 Å². The summed E-state index contributed by atoms with van der Waals surface area (Å²) in [5, 5.41) is 14.6. The highest BCUT2D eigenvalue weighted by atomic mass is 16.5. The number of nitrogens with zero attached hydrogens (tertiary/aromatic N) is 3. The smallest absolute Gasteiger partial charge is 0.291 e. The zero-order chi connectivity index (χ0) is 17.9. The third kappa shape index (κ3) is 3.51. The van der Waals surface area contributed by atoms with Crippen LogP contribution >= 0.6 is 0 Å². The zero-order valence-corrected chi connectivity index (χ0v) is 14.6. The molecular formula is C19H21N5O2. The molecule has 2 N–H and O–H groups in total. The van der Waals surface area contributed by atoms with Crippen molar-refractivity contribution in [2.24, 2.45) is 0 Å². The lowest BCUT2D eigenvalue weighted by Gasteiger charge is -2.29. The van der Waals surface area contributed by atoms with Crippen LogP contribution in [0.5, 0.6) is 0 Å². The molecule has 1 fully saturated rings. The number of aromatic nitrogens is 3. The number of aryl methyl sites for hydroxylation is 1. The molecule has 4 rings (SSSR count). The van der Waals surface area contributed by atoms with Crippen LogP contribution in [0.2, 0.25) is 0 Å². The van der Waals surface area contributed by atoms with Gasteiger partial charge in [-0.1, -0.05) is 18.2 Å². The van der Waals surface area contributed by atoms with E-state index in [9.17, 15) is 4.79 Å². The second kappa shape index (κ2) is 7.11. The lowest BCUT2D eigenvalue weighted by Crippen LogP contribution is -2.40. The van der Waals surface area contributed by atoms with E-state index >= 15 is 0 Å². The number of carbonyl (C=O) groups excluding carboxylic acids is 1. The fourth-order valence-corrected chi connectivity index (χ4v) is 3.54. The molecule has 1 aromatic carbocycles. The fraction of sp³-hybridized carbons (Fsp3) is 0.368. The van der Waals surface area contributed by atoms with Crippen LogP contribution in [0.1, 0.15) is 41.8 Å². The van der Waals surface area contributed by atoms with E-state index in [0.717, 1.165) is 37.0 Å². The highest BCUT2D eigenvalue weighted by molar-refractivity contribution is 5.91. The molecule has 0 saturated heterocycles. The van der Waals surface area contributed by atoms with Crippen LogP contribution in [-0.2, 0) is 0 Å². The molecule has 0 unspecified atom stereocenters. The van der Waals surface area contributed by atoms with Gasteiger partial charge in [-0.05, 0) is 50.3 Å². The second-order valence-electron chi connectivity index (χ2n) is 6.79. The van der Waals surface area contributed by atoms with Crippen LogP contribution in [-0.4, -0.2) is 33.3 Å². The Hall–Kier alpha value is -2.96. The first-order valence-electron chi connectivity index (χ1n) is 8.90. The average molecular weight is 351 g/mol. The molecule has 7 nitrogen and oxygen atoms in total. The molecule has 134 valence electrons. The van der Waals surface area contributed by atoms with Crippen molar-refractivity contribution in [3.05, 3.63) is 47.9 Å². The maximum absolute atomic E-state index is 12.0. The van der Waals surface area contributed by atoms with E-state index in [1.165, 1.54) is 17.1 Å². The Balaban J connectivity index is 1.34. The standard InChI is InChI=1S/C19H21N5O2/c1-12-10-18(23-16-5-3-2-4-15(12)16)21-13-6-8-14(9-7-13)22-19(25)17-11-20-24-26-17/h2-5,10-11,13-14H,6-9H2,1H3,(H,21,23)(H,22,25). The topological polar surface area (TPSA) is 92.9 Å². The number of amides is 1. The van der Waals surface area contributed by atoms with E-state index in [2.05, 4.69) is 40.1 Å². The van der Waals surface area contributed by atoms with Crippen molar-refractivity contribution in [1.82, 2.24) is 20.7 Å². The summed E-state index contributed by atoms with van der Waals surface area (Å²) in [6.45, 7) is 2.11. The number of anilines is 1. The molecule has 7 heteroatoms. The van der Waals surface area contributed by atoms with Gasteiger partial charge in [-0.25, -0.2) is 4.98 Å². The first kappa shape index (κ1) is 16.5. The maximum Gasteiger partial charge on any atom is 0.291 e. The SMILES string of the molecule is Cc1cc(NC2CCC(NC(=O)c3cnno3)CC2)nc2ccccc12. The molecule has 0 bridgehead atoms. The van der Waals surface area contributed by atoms with Gasteiger partial charge in [0.15, 0.2) is 0 Å². The van der Waals surface area contributed by atoms with Crippen LogP contribution in [0, 0.1) is 6.92 Å². The van der Waals surface area contributed by atoms with Crippen LogP contribution in [0.3, 0.4) is 0 Å². The van der Waals surface area contributed by atoms with Crippen molar-refractivity contribution >= 4 is 22.6 Å². The van der Waals surface area contributed by atoms with E-state index < -0.39 is 0 Å². The third-order valence-corrected chi connectivity index (χ3v) is 4.92. The maximum atomic E-state index is 12.0. The summed E-state index contributed by atoms with van der Waals surface area (Å²) in [7, 11) is 0. The number of nitrogens with one attached hydrogen (secondary N) is 2. The Bertz CT molecular complexity index is 901. The highest BCUT2D eigenvalue weighted by Gasteiger charge is 2.24. The first-order valence-corrected chi connectivity index (χ1v) is 8.90. The monoisotopic (exact) mass is 351 g/mol. The lowest BCUT2D eigenvalue weighted by molar-refractivity contribution is 0.0888. The largest absolute Gasteiger partial charge is 0.367 e. The molecule has 1 amide bonds. The Morgan fingerprint density at radius 2 is 1.92 bits per heavy atom. The molecule has 0 radical (unpaired) electrons. The molecule has 1 aliphatic carbocycles. The van der Waals surface area contributed by atoms with E-state index in [-0.39, 0.29) is 17.7 Å². The van der Waals surface area contributed by atoms with Crippen molar-refractivity contribution in [1.29, 1.82) is 0 Å². The molecule has 2 heterocycles. The molecule has 0 aliphatic heterocycles. The third-order valence-electron chi connectivity index (χ3n) is 4.92. The molecule has 1 saturated carbocycles. The van der Waals surface area contributed by atoms with Crippen LogP contribution in [0.15, 0.2) is 41.1 Å². The Morgan fingerprint density at radius 3 is 2.69 bits per heavy atom. The van der Waals surface area contributed by atoms with Gasteiger partial charge in [-0.3, -0.25) is 4.79 Å². The number of para-hydroxylation sites is 1. The first-order chi connectivity index (χ1) is 12.7. The number of benzene rings is 1. The van der Waals surface area contributed by atoms with Crippen LogP contribution in [0.4, 0.5) is 5.82 Å². The molecule has 0 atom stereocenters. The summed E-state index contributed by atoms with van der Waals surface area (Å²) in [6.07, 6.45) is 5.12. The minimum absolute atomic E-state index is 0.150. The van der Waals surface area contributed by atoms with Gasteiger partial charge >= 0.3 is 0 Å². The quantitative estimate of drug-likeness (QED) is 0.750. The fourth-order valence-electron chi connectivity index (χ4n) is 3.54. The zero-order valence-electron chi connectivity index (χ0n) is 14.6. The Morgan fingerprint density at radius 1 is 1.15 bits per heavy atom. The summed E-state index contributed by atoms with van der Waals surface area (Å²) in [5.41, 5.74) is 2.23. The van der Waals surface area contributed by atoms with Gasteiger partial charge in [0.1, 0.15) is 12.0 Å². The van der Waals surface area contributed by atoms with Crippen LogP contribution in [0.25, 0.3) is 10.9 Å². The summed E-state index contributed by atoms with van der Waals surface area (Å²) in [5.74, 6) is 0.820. The van der Waals surface area contributed by atoms with Gasteiger partial charge < -0.3 is 15.2 Å². The van der Waals surface area contributed by atoms with E-state index in [0.29, 0.717) is 6.04 Å². The Kier molecular flexibility index (Phi) is 4.51. The molecule has 0 spiro atoms. The van der Waals surface area contributed by atoms with Crippen molar-refractivity contribution in [2.75, 3.05) is 5.32 Å². The molecular weight excluding hydrogens is 330 g/mol. The number of hydrogen-bond acceptors (Lipinski definition) is 6. The van der Waals surface area contributed by atoms with E-state index in [1.807, 2.05) is 18.2 Å². The minimum Gasteiger partial charge on any atom is -0.367 e. The number of fused-ring (bicyclic) bond motifs is 1. The van der Waals surface area contributed by atoms with Crippen molar-refractivity contribution in [3.8, 4) is 0 Å². The van der Waals surface area contributed by atoms with Gasteiger partial charge in [-0.2, -0.15) is 0 Å². The lowest BCUT2D eigenvalue weighted by atomic mass is 9.91. The van der Waals surface area contributed by atoms with Crippen molar-refractivity contribution in [3.63, 3.8) is 0 Å². The second-order valence-corrected chi connectivity index (χ2v) is 6.79. The minimum atomic E-state index is -0.252. The van der Waals surface area contributed by atoms with Crippen LogP contribution < -0.4 is 10.6 Å². The van der Waals surface area contributed by atoms with Gasteiger partial charge in [0.05, 0.1) is 5.52 Å². The summed E-state index contributed by atoms with van der Waals surface area (Å²) >= 11 is 0. The van der Waals surface area contributed by atoms with E-state index in [4.69, 9.17) is 9.51 Å². The van der Waals surface area contributed by atoms with Gasteiger partial charge in [0.2, 0.25) is 5.76 Å². The Labute approximate surface area is 151 Å². The van der Waals surface area contributed by atoms with E-state index in [1.54, 1.807) is 0 Å². The summed E-state index contributed by atoms with van der Waals surface area (Å²) in [6, 6.07) is 10.8. The van der Waals surface area contributed by atoms with Crippen molar-refractivity contribution < 1.29 is 9.32 Å². The highest BCUT2D eigenvalue weighted by Crippen LogP contribution is 2.25. The summed E-state index contributed by atoms with van der Waals surface area (Å²) < 4.78 is 4.79. The molecule has 26 heavy (non-hydrogen) atoms. The number of rotatable bonds is 4. The average Bonchev–Trinajstić information content (AvgIpc) is 3.18. The predicted molar refractivity (Wildman–Crippen MR) is 97.9 cm³/mol. The normalized spacial score (nSPS) is 20.0. The number of carbonyl (C=O) groups is 1. The van der Waals surface area contributed by atoms with Gasteiger partial charge in [-0.15, -0.1) is 5.10 Å². The molecule has 2 aromatic heterocycles. The predicted octanol–water partition coefficient (Wildman–Crippen LogP) is 3.08. The summed E-state index contributed by atoms with van der Waals surface area (Å²) in [4.78, 5) is 16.7.